The van der Waals surface area contributed by atoms with E-state index in [1.54, 1.807) is 0 Å². The Labute approximate surface area is 204 Å². The average molecular weight is 503 g/mol. The van der Waals surface area contributed by atoms with Gasteiger partial charge in [-0.3, -0.25) is 14.1 Å². The van der Waals surface area contributed by atoms with Crippen LogP contribution in [0.2, 0.25) is 0 Å². The predicted octanol–water partition coefficient (Wildman–Crippen LogP) is 5.94. The van der Waals surface area contributed by atoms with Crippen molar-refractivity contribution in [1.82, 2.24) is 0 Å². The second-order valence-electron chi connectivity index (χ2n) is 7.93. The van der Waals surface area contributed by atoms with E-state index in [1.165, 1.54) is 0 Å². The van der Waals surface area contributed by atoms with E-state index < -0.39 is 32.5 Å². The molecular formula is C25H43O8P. The molecule has 196 valence electrons. The molecule has 0 aromatic heterocycles. The maximum absolute atomic E-state index is 12.1. The zero-order chi connectivity index (χ0) is 25.5. The van der Waals surface area contributed by atoms with Gasteiger partial charge in [0.25, 0.3) is 0 Å². The maximum Gasteiger partial charge on any atom is 0.469 e. The number of allylic oxidation sites excluding steroid dienone is 6. The molecule has 0 bridgehead atoms. The van der Waals surface area contributed by atoms with Gasteiger partial charge >= 0.3 is 19.8 Å². The molecule has 0 aliphatic carbocycles. The fourth-order valence-electron chi connectivity index (χ4n) is 2.89. The summed E-state index contributed by atoms with van der Waals surface area (Å²) in [5.41, 5.74) is 0. The SMILES string of the molecule is CC/C=C\C/C=C\C/C=C\CCCCCCCC(=O)OC(COC(=O)CCC)COP(=O)(O)O. The maximum atomic E-state index is 12.1. The second-order valence-corrected chi connectivity index (χ2v) is 9.17. The van der Waals surface area contributed by atoms with Crippen molar-refractivity contribution in [3.63, 3.8) is 0 Å². The molecule has 8 nitrogen and oxygen atoms in total. The highest BCUT2D eigenvalue weighted by atomic mass is 31.2. The van der Waals surface area contributed by atoms with Crippen molar-refractivity contribution in [3.05, 3.63) is 36.5 Å². The van der Waals surface area contributed by atoms with Gasteiger partial charge in [0.1, 0.15) is 6.61 Å². The van der Waals surface area contributed by atoms with E-state index in [2.05, 4.69) is 47.9 Å². The van der Waals surface area contributed by atoms with Crippen LogP contribution in [0.1, 0.15) is 90.9 Å². The molecule has 1 atom stereocenters. The summed E-state index contributed by atoms with van der Waals surface area (Å²) in [5, 5.41) is 0. The summed E-state index contributed by atoms with van der Waals surface area (Å²) >= 11 is 0. The van der Waals surface area contributed by atoms with Crippen LogP contribution in [0, 0.1) is 0 Å². The summed E-state index contributed by atoms with van der Waals surface area (Å²) in [6, 6.07) is 0. The minimum absolute atomic E-state index is 0.189. The Kier molecular flexibility index (Phi) is 20.7. The molecule has 1 unspecified atom stereocenters. The molecule has 0 radical (unpaired) electrons. The molecule has 0 aliphatic heterocycles. The van der Waals surface area contributed by atoms with E-state index in [-0.39, 0.29) is 19.4 Å². The number of hydrogen-bond acceptors (Lipinski definition) is 6. The molecule has 2 N–H and O–H groups in total. The summed E-state index contributed by atoms with van der Waals surface area (Å²) in [6.07, 6.45) is 21.9. The van der Waals surface area contributed by atoms with E-state index in [1.807, 2.05) is 6.92 Å². The quantitative estimate of drug-likeness (QED) is 0.0856. The third-order valence-corrected chi connectivity index (χ3v) is 5.13. The molecule has 0 aromatic carbocycles. The average Bonchev–Trinajstić information content (AvgIpc) is 2.78. The van der Waals surface area contributed by atoms with Crippen molar-refractivity contribution in [1.29, 1.82) is 0 Å². The largest absolute Gasteiger partial charge is 0.469 e. The molecular weight excluding hydrogens is 459 g/mol. The van der Waals surface area contributed by atoms with Crippen molar-refractivity contribution in [3.8, 4) is 0 Å². The number of carbonyl (C=O) groups is 2. The van der Waals surface area contributed by atoms with Gasteiger partial charge in [0.2, 0.25) is 0 Å². The zero-order valence-electron chi connectivity index (χ0n) is 20.7. The van der Waals surface area contributed by atoms with Gasteiger partial charge in [0.05, 0.1) is 6.61 Å². The van der Waals surface area contributed by atoms with E-state index >= 15 is 0 Å². The topological polar surface area (TPSA) is 119 Å². The molecule has 0 aromatic rings. The number of rotatable bonds is 21. The third-order valence-electron chi connectivity index (χ3n) is 4.64. The molecule has 0 spiro atoms. The van der Waals surface area contributed by atoms with Crippen LogP contribution in [0.25, 0.3) is 0 Å². The number of hydrogen-bond donors (Lipinski definition) is 2. The fraction of sp³-hybridized carbons (Fsp3) is 0.680. The number of unbranched alkanes of at least 4 members (excludes halogenated alkanes) is 5. The van der Waals surface area contributed by atoms with Gasteiger partial charge in [-0.2, -0.15) is 0 Å². The van der Waals surface area contributed by atoms with E-state index in [4.69, 9.17) is 19.3 Å². The fourth-order valence-corrected chi connectivity index (χ4v) is 3.25. The number of carbonyl (C=O) groups excluding carboxylic acids is 2. The molecule has 34 heavy (non-hydrogen) atoms. The third kappa shape index (κ3) is 23.4. The van der Waals surface area contributed by atoms with E-state index in [0.717, 1.165) is 51.4 Å². The molecule has 0 rings (SSSR count). The highest BCUT2D eigenvalue weighted by Crippen LogP contribution is 2.35. The Hall–Kier alpha value is -1.73. The molecule has 9 heteroatoms. The lowest BCUT2D eigenvalue weighted by atomic mass is 10.1. The lowest BCUT2D eigenvalue weighted by Crippen LogP contribution is -2.29. The van der Waals surface area contributed by atoms with Gasteiger partial charge in [0.15, 0.2) is 6.10 Å². The predicted molar refractivity (Wildman–Crippen MR) is 133 cm³/mol. The van der Waals surface area contributed by atoms with Crippen LogP contribution in [0.15, 0.2) is 36.5 Å². The first-order chi connectivity index (χ1) is 16.3. The monoisotopic (exact) mass is 502 g/mol. The first kappa shape index (κ1) is 32.3. The summed E-state index contributed by atoms with van der Waals surface area (Å²) in [5.74, 6) is -0.974. The van der Waals surface area contributed by atoms with Crippen molar-refractivity contribution in [2.24, 2.45) is 0 Å². The summed E-state index contributed by atoms with van der Waals surface area (Å²) in [4.78, 5) is 41.2. The van der Waals surface area contributed by atoms with Crippen LogP contribution in [0.5, 0.6) is 0 Å². The number of esters is 2. The van der Waals surface area contributed by atoms with Gasteiger partial charge in [-0.1, -0.05) is 69.6 Å². The minimum Gasteiger partial charge on any atom is -0.462 e. The van der Waals surface area contributed by atoms with Crippen LogP contribution in [0.4, 0.5) is 0 Å². The Morgan fingerprint density at radius 1 is 0.794 bits per heavy atom. The van der Waals surface area contributed by atoms with Gasteiger partial charge in [-0.05, 0) is 44.9 Å². The smallest absolute Gasteiger partial charge is 0.462 e. The molecule has 0 amide bonds. The van der Waals surface area contributed by atoms with Crippen LogP contribution >= 0.6 is 7.82 Å². The Morgan fingerprint density at radius 2 is 1.41 bits per heavy atom. The summed E-state index contributed by atoms with van der Waals surface area (Å²) < 4.78 is 25.5. The molecule has 0 aliphatic rings. The number of phosphoric ester groups is 1. The van der Waals surface area contributed by atoms with Crippen molar-refractivity contribution in [2.45, 2.75) is 97.0 Å². The van der Waals surface area contributed by atoms with Crippen LogP contribution in [-0.4, -0.2) is 41.0 Å². The van der Waals surface area contributed by atoms with Crippen molar-refractivity contribution >= 4 is 19.8 Å². The van der Waals surface area contributed by atoms with E-state index in [9.17, 15) is 14.2 Å². The normalized spacial score (nSPS) is 13.2. The molecule has 0 fully saturated rings. The first-order valence-electron chi connectivity index (χ1n) is 12.3. The summed E-state index contributed by atoms with van der Waals surface area (Å²) in [7, 11) is -4.72. The second kappa shape index (κ2) is 21.8. The van der Waals surface area contributed by atoms with Crippen molar-refractivity contribution < 1.29 is 37.9 Å². The first-order valence-corrected chi connectivity index (χ1v) is 13.8. The number of ether oxygens (including phenoxy) is 2. The van der Waals surface area contributed by atoms with Gasteiger partial charge in [-0.15, -0.1) is 0 Å². The highest BCUT2D eigenvalue weighted by Gasteiger charge is 2.22. The van der Waals surface area contributed by atoms with Gasteiger partial charge < -0.3 is 19.3 Å². The molecule has 0 saturated heterocycles. The van der Waals surface area contributed by atoms with Gasteiger partial charge in [0, 0.05) is 12.8 Å². The molecule has 0 heterocycles. The van der Waals surface area contributed by atoms with Crippen LogP contribution in [-0.2, 0) is 28.2 Å². The Balaban J connectivity index is 3.96. The highest BCUT2D eigenvalue weighted by molar-refractivity contribution is 7.46. The minimum atomic E-state index is -4.72. The lowest BCUT2D eigenvalue weighted by molar-refractivity contribution is -0.161. The zero-order valence-corrected chi connectivity index (χ0v) is 21.6. The summed E-state index contributed by atoms with van der Waals surface area (Å²) in [6.45, 7) is 3.10. The van der Waals surface area contributed by atoms with E-state index in [0.29, 0.717) is 12.8 Å². The standard InChI is InChI=1S/C25H43O8P/c1-3-5-6-7-8-9-10-11-12-13-14-15-16-17-18-20-25(27)33-23(22-32-34(28,29)30)21-31-24(26)19-4-2/h5-6,8-9,11-12,23H,3-4,7,10,13-22H2,1-2H3,(H2,28,29,30)/b6-5-,9-8-,12-11-. The van der Waals surface area contributed by atoms with Crippen LogP contribution < -0.4 is 0 Å². The lowest BCUT2D eigenvalue weighted by Gasteiger charge is -2.18. The van der Waals surface area contributed by atoms with Gasteiger partial charge in [-0.25, -0.2) is 4.57 Å². The Morgan fingerprint density at radius 3 is 2.06 bits per heavy atom. The molecule has 0 saturated carbocycles. The Bertz CT molecular complexity index is 666. The van der Waals surface area contributed by atoms with Crippen molar-refractivity contribution in [2.75, 3.05) is 13.2 Å². The van der Waals surface area contributed by atoms with Crippen LogP contribution in [0.3, 0.4) is 0 Å². The number of phosphoric acid groups is 1.